The molecule has 188 valence electrons. The number of H-pyrrole nitrogens is 1. The molecule has 10 heteroatoms. The Hall–Kier alpha value is -4.20. The number of benzene rings is 2. The van der Waals surface area contributed by atoms with E-state index in [0.717, 1.165) is 54.5 Å². The average Bonchev–Trinajstić information content (AvgIpc) is 3.31. The highest BCUT2D eigenvalue weighted by atomic mass is 32.2. The number of nitriles is 1. The summed E-state index contributed by atoms with van der Waals surface area (Å²) >= 11 is 0. The van der Waals surface area contributed by atoms with E-state index in [0.29, 0.717) is 28.0 Å². The molecule has 0 saturated carbocycles. The van der Waals surface area contributed by atoms with Gasteiger partial charge >= 0.3 is 0 Å². The van der Waals surface area contributed by atoms with Gasteiger partial charge in [-0.2, -0.15) is 5.26 Å². The molecule has 1 aliphatic heterocycles. The van der Waals surface area contributed by atoms with E-state index in [1.165, 1.54) is 6.07 Å². The molecule has 1 saturated heterocycles. The van der Waals surface area contributed by atoms with Gasteiger partial charge in [-0.15, -0.1) is 0 Å². The van der Waals surface area contributed by atoms with Crippen LogP contribution in [0.1, 0.15) is 15.9 Å². The van der Waals surface area contributed by atoms with Crippen LogP contribution < -0.4 is 4.72 Å². The maximum atomic E-state index is 12.9. The van der Waals surface area contributed by atoms with Crippen molar-refractivity contribution in [2.45, 2.75) is 0 Å². The van der Waals surface area contributed by atoms with E-state index in [-0.39, 0.29) is 5.91 Å². The standard InChI is InChI=1S/C27H26N6O3S/c1-32-7-9-33(10-8-32)27(34)20-5-3-19(4-6-20)22-14-24-25(17-30-26(24)29-16-22)21-11-18(15-28)12-23(13-21)31-37(2,35)36/h3-6,11-14,16-17,31H,7-10H2,1-2H3,(H,29,30). The van der Waals surface area contributed by atoms with E-state index >= 15 is 0 Å². The summed E-state index contributed by atoms with van der Waals surface area (Å²) in [5.74, 6) is 0.0389. The summed E-state index contributed by atoms with van der Waals surface area (Å²) in [5, 5.41) is 10.3. The van der Waals surface area contributed by atoms with Gasteiger partial charge < -0.3 is 14.8 Å². The van der Waals surface area contributed by atoms with Crippen LogP contribution in [-0.2, 0) is 10.0 Å². The van der Waals surface area contributed by atoms with Gasteiger partial charge in [-0.1, -0.05) is 12.1 Å². The van der Waals surface area contributed by atoms with Crippen molar-refractivity contribution in [1.82, 2.24) is 19.8 Å². The molecule has 5 rings (SSSR count). The number of piperazine rings is 1. The number of nitrogens with zero attached hydrogens (tertiary/aromatic N) is 4. The summed E-state index contributed by atoms with van der Waals surface area (Å²) in [6, 6.07) is 16.5. The topological polar surface area (TPSA) is 122 Å². The molecule has 9 nitrogen and oxygen atoms in total. The van der Waals surface area contributed by atoms with Gasteiger partial charge in [0.1, 0.15) is 5.65 Å². The molecule has 0 radical (unpaired) electrons. The first-order chi connectivity index (χ1) is 17.7. The SMILES string of the molecule is CN1CCN(C(=O)c2ccc(-c3cnc4[nH]cc(-c5cc(C#N)cc(NS(C)(=O)=O)c5)c4c3)cc2)CC1. The maximum Gasteiger partial charge on any atom is 0.253 e. The van der Waals surface area contributed by atoms with E-state index in [2.05, 4.69) is 32.7 Å². The van der Waals surface area contributed by atoms with Gasteiger partial charge in [0.15, 0.2) is 0 Å². The highest BCUT2D eigenvalue weighted by Gasteiger charge is 2.20. The average molecular weight is 515 g/mol. The molecule has 2 aromatic carbocycles. The number of aromatic nitrogens is 2. The number of hydrogen-bond donors (Lipinski definition) is 2. The van der Waals surface area contributed by atoms with Crippen LogP contribution in [0.15, 0.2) is 60.9 Å². The van der Waals surface area contributed by atoms with Crippen molar-refractivity contribution in [2.75, 3.05) is 44.2 Å². The third kappa shape index (κ3) is 5.33. The fourth-order valence-corrected chi connectivity index (χ4v) is 5.06. The van der Waals surface area contributed by atoms with Crippen molar-refractivity contribution < 1.29 is 13.2 Å². The van der Waals surface area contributed by atoms with Gasteiger partial charge in [0.2, 0.25) is 10.0 Å². The number of aromatic amines is 1. The van der Waals surface area contributed by atoms with Gasteiger partial charge in [-0.3, -0.25) is 9.52 Å². The van der Waals surface area contributed by atoms with Crippen LogP contribution in [-0.4, -0.2) is 73.6 Å². The smallest absolute Gasteiger partial charge is 0.253 e. The molecule has 0 atom stereocenters. The fourth-order valence-electron chi connectivity index (χ4n) is 4.52. The molecule has 1 aliphatic rings. The van der Waals surface area contributed by atoms with E-state index in [1.54, 1.807) is 24.5 Å². The minimum Gasteiger partial charge on any atom is -0.346 e. The molecule has 3 heterocycles. The molecule has 2 N–H and O–H groups in total. The Morgan fingerprint density at radius 2 is 1.76 bits per heavy atom. The fraction of sp³-hybridized carbons (Fsp3) is 0.222. The highest BCUT2D eigenvalue weighted by molar-refractivity contribution is 7.92. The van der Waals surface area contributed by atoms with E-state index in [4.69, 9.17) is 0 Å². The van der Waals surface area contributed by atoms with Crippen LogP contribution in [0, 0.1) is 11.3 Å². The van der Waals surface area contributed by atoms with Crippen LogP contribution in [0.4, 0.5) is 5.69 Å². The first-order valence-electron chi connectivity index (χ1n) is 11.8. The number of sulfonamides is 1. The van der Waals surface area contributed by atoms with Crippen molar-refractivity contribution in [3.63, 3.8) is 0 Å². The first-order valence-corrected chi connectivity index (χ1v) is 13.7. The Morgan fingerprint density at radius 1 is 1.03 bits per heavy atom. The van der Waals surface area contributed by atoms with Crippen molar-refractivity contribution in [3.05, 3.63) is 72.1 Å². The lowest BCUT2D eigenvalue weighted by molar-refractivity contribution is 0.0664. The maximum absolute atomic E-state index is 12.9. The highest BCUT2D eigenvalue weighted by Crippen LogP contribution is 2.33. The summed E-state index contributed by atoms with van der Waals surface area (Å²) in [6.07, 6.45) is 4.62. The van der Waals surface area contributed by atoms with Crippen LogP contribution in [0.3, 0.4) is 0 Å². The summed E-state index contributed by atoms with van der Waals surface area (Å²) < 4.78 is 25.9. The van der Waals surface area contributed by atoms with Gasteiger partial charge in [0.05, 0.1) is 23.6 Å². The van der Waals surface area contributed by atoms with Crippen LogP contribution in [0.25, 0.3) is 33.3 Å². The molecule has 0 bridgehead atoms. The number of amides is 1. The molecule has 0 aliphatic carbocycles. The zero-order chi connectivity index (χ0) is 26.2. The first kappa shape index (κ1) is 24.5. The number of rotatable bonds is 5. The predicted molar refractivity (Wildman–Crippen MR) is 144 cm³/mol. The lowest BCUT2D eigenvalue weighted by atomic mass is 10.00. The van der Waals surface area contributed by atoms with E-state index in [1.807, 2.05) is 35.2 Å². The molecule has 1 fully saturated rings. The summed E-state index contributed by atoms with van der Waals surface area (Å²) in [5.41, 5.74) is 5.24. The molecule has 4 aromatic rings. The quantitative estimate of drug-likeness (QED) is 0.420. The molecule has 0 spiro atoms. The predicted octanol–water partition coefficient (Wildman–Crippen LogP) is 3.53. The number of pyridine rings is 1. The third-order valence-corrected chi connectivity index (χ3v) is 7.07. The second-order valence-corrected chi connectivity index (χ2v) is 11.0. The monoisotopic (exact) mass is 514 g/mol. The number of carbonyl (C=O) groups is 1. The number of likely N-dealkylation sites (N-methyl/N-ethyl adjacent to an activating group) is 1. The molecule has 1 amide bonds. The lowest BCUT2D eigenvalue weighted by Crippen LogP contribution is -2.47. The molecular formula is C27H26N6O3S. The zero-order valence-corrected chi connectivity index (χ0v) is 21.3. The Balaban J connectivity index is 1.46. The van der Waals surface area contributed by atoms with Crippen molar-refractivity contribution >= 4 is 32.7 Å². The Kier molecular flexibility index (Phi) is 6.41. The Labute approximate surface area is 215 Å². The number of anilines is 1. The Bertz CT molecular complexity index is 1630. The van der Waals surface area contributed by atoms with Crippen LogP contribution in [0.2, 0.25) is 0 Å². The van der Waals surface area contributed by atoms with Gasteiger partial charge in [-0.05, 0) is 54.6 Å². The molecular weight excluding hydrogens is 488 g/mol. The molecule has 0 unspecified atom stereocenters. The molecule has 2 aromatic heterocycles. The number of hydrogen-bond acceptors (Lipinski definition) is 6. The molecule has 37 heavy (non-hydrogen) atoms. The van der Waals surface area contributed by atoms with Crippen LogP contribution >= 0.6 is 0 Å². The lowest BCUT2D eigenvalue weighted by Gasteiger charge is -2.32. The minimum absolute atomic E-state index is 0.0389. The van der Waals surface area contributed by atoms with Crippen molar-refractivity contribution in [2.24, 2.45) is 0 Å². The number of nitrogens with one attached hydrogen (secondary N) is 2. The number of fused-ring (bicyclic) bond motifs is 1. The Morgan fingerprint density at radius 3 is 2.43 bits per heavy atom. The second kappa shape index (κ2) is 9.69. The van der Waals surface area contributed by atoms with Gasteiger partial charge in [-0.25, -0.2) is 13.4 Å². The van der Waals surface area contributed by atoms with Gasteiger partial charge in [0, 0.05) is 60.6 Å². The van der Waals surface area contributed by atoms with Crippen molar-refractivity contribution in [3.8, 4) is 28.3 Å². The van der Waals surface area contributed by atoms with Gasteiger partial charge in [0.25, 0.3) is 5.91 Å². The summed E-state index contributed by atoms with van der Waals surface area (Å²) in [6.45, 7) is 3.19. The third-order valence-electron chi connectivity index (χ3n) is 6.46. The van der Waals surface area contributed by atoms with Crippen LogP contribution in [0.5, 0.6) is 0 Å². The van der Waals surface area contributed by atoms with Crippen molar-refractivity contribution in [1.29, 1.82) is 5.26 Å². The zero-order valence-electron chi connectivity index (χ0n) is 20.5. The van der Waals surface area contributed by atoms with E-state index < -0.39 is 10.0 Å². The normalized spacial score (nSPS) is 14.5. The summed E-state index contributed by atoms with van der Waals surface area (Å²) in [4.78, 5) is 24.7. The largest absolute Gasteiger partial charge is 0.346 e. The summed E-state index contributed by atoms with van der Waals surface area (Å²) in [7, 11) is -1.44. The van der Waals surface area contributed by atoms with E-state index in [9.17, 15) is 18.5 Å². The number of carbonyl (C=O) groups excluding carboxylic acids is 1. The minimum atomic E-state index is -3.50. The second-order valence-electron chi connectivity index (χ2n) is 9.28.